The summed E-state index contributed by atoms with van der Waals surface area (Å²) in [6.45, 7) is 0.448. The quantitative estimate of drug-likeness (QED) is 0.664. The van der Waals surface area contributed by atoms with E-state index in [1.54, 1.807) is 43.5 Å². The topological polar surface area (TPSA) is 84.6 Å². The lowest BCUT2D eigenvalue weighted by molar-refractivity contribution is 0.102. The molecular formula is C19H19ClN2O3. The summed E-state index contributed by atoms with van der Waals surface area (Å²) >= 11 is 0. The predicted octanol–water partition coefficient (Wildman–Crippen LogP) is 3.69. The number of ether oxygens (including phenoxy) is 1. The predicted molar refractivity (Wildman–Crippen MR) is 102 cm³/mol. The first-order valence-corrected chi connectivity index (χ1v) is 7.52. The Bertz CT molecular complexity index is 895. The highest BCUT2D eigenvalue weighted by atomic mass is 35.5. The maximum Gasteiger partial charge on any atom is 0.259 e. The number of amides is 1. The number of fused-ring (bicyclic) bond motifs is 1. The number of hydrogen-bond acceptors (Lipinski definition) is 4. The molecular weight excluding hydrogens is 340 g/mol. The van der Waals surface area contributed by atoms with Crippen molar-refractivity contribution >= 4 is 34.8 Å². The van der Waals surface area contributed by atoms with Gasteiger partial charge in [-0.15, -0.1) is 12.4 Å². The molecule has 3 rings (SSSR count). The highest BCUT2D eigenvalue weighted by molar-refractivity contribution is 6.09. The Morgan fingerprint density at radius 1 is 1.12 bits per heavy atom. The summed E-state index contributed by atoms with van der Waals surface area (Å²) in [5.41, 5.74) is 7.40. The molecule has 25 heavy (non-hydrogen) atoms. The monoisotopic (exact) mass is 358 g/mol. The average Bonchev–Trinajstić information content (AvgIpc) is 2.62. The largest absolute Gasteiger partial charge is 0.506 e. The van der Waals surface area contributed by atoms with Gasteiger partial charge in [0, 0.05) is 17.6 Å². The van der Waals surface area contributed by atoms with Crippen LogP contribution in [-0.4, -0.2) is 18.1 Å². The van der Waals surface area contributed by atoms with E-state index in [4.69, 9.17) is 10.5 Å². The molecule has 0 saturated heterocycles. The van der Waals surface area contributed by atoms with Gasteiger partial charge in [0.1, 0.15) is 11.5 Å². The van der Waals surface area contributed by atoms with Crippen LogP contribution >= 0.6 is 12.4 Å². The fourth-order valence-corrected chi connectivity index (χ4v) is 2.52. The van der Waals surface area contributed by atoms with Gasteiger partial charge in [0.2, 0.25) is 0 Å². The van der Waals surface area contributed by atoms with E-state index in [0.717, 1.165) is 10.9 Å². The van der Waals surface area contributed by atoms with Crippen LogP contribution in [0.4, 0.5) is 5.69 Å². The van der Waals surface area contributed by atoms with Crippen LogP contribution in [0, 0.1) is 0 Å². The summed E-state index contributed by atoms with van der Waals surface area (Å²) in [4.78, 5) is 12.4. The van der Waals surface area contributed by atoms with Crippen molar-refractivity contribution in [3.05, 3.63) is 65.7 Å². The second-order valence-corrected chi connectivity index (χ2v) is 5.40. The lowest BCUT2D eigenvalue weighted by atomic mass is 10.0. The standard InChI is InChI=1S/C19H18N2O3.ClH/c1-24-15-7-9-16-13(10-15)4-8-17(18(16)22)19(23)21-14-5-2-12(11-20)3-6-14;/h2-10,22H,11,20H2,1H3,(H,21,23);1H. The van der Waals surface area contributed by atoms with Gasteiger partial charge in [-0.2, -0.15) is 0 Å². The van der Waals surface area contributed by atoms with Crippen LogP contribution in [0.5, 0.6) is 11.5 Å². The van der Waals surface area contributed by atoms with Gasteiger partial charge in [-0.05, 0) is 47.3 Å². The molecule has 0 aliphatic rings. The molecule has 0 radical (unpaired) electrons. The number of methoxy groups -OCH3 is 1. The first-order chi connectivity index (χ1) is 11.6. The van der Waals surface area contributed by atoms with E-state index in [2.05, 4.69) is 5.32 Å². The van der Waals surface area contributed by atoms with Gasteiger partial charge in [-0.1, -0.05) is 18.2 Å². The second kappa shape index (κ2) is 7.88. The van der Waals surface area contributed by atoms with Crippen molar-refractivity contribution in [3.63, 3.8) is 0 Å². The molecule has 130 valence electrons. The lowest BCUT2D eigenvalue weighted by Crippen LogP contribution is -2.12. The third kappa shape index (κ3) is 3.84. The number of phenols is 1. The molecule has 0 aliphatic heterocycles. The molecule has 0 atom stereocenters. The molecule has 3 aromatic rings. The Morgan fingerprint density at radius 3 is 2.48 bits per heavy atom. The summed E-state index contributed by atoms with van der Waals surface area (Å²) in [6.07, 6.45) is 0. The zero-order chi connectivity index (χ0) is 17.1. The molecule has 0 unspecified atom stereocenters. The van der Waals surface area contributed by atoms with Crippen LogP contribution < -0.4 is 15.8 Å². The van der Waals surface area contributed by atoms with Crippen molar-refractivity contribution in [2.24, 2.45) is 5.73 Å². The van der Waals surface area contributed by atoms with E-state index in [-0.39, 0.29) is 29.6 Å². The minimum absolute atomic E-state index is 0. The molecule has 0 aromatic heterocycles. The number of nitrogens with two attached hydrogens (primary N) is 1. The molecule has 0 heterocycles. The van der Waals surface area contributed by atoms with E-state index in [1.807, 2.05) is 18.2 Å². The minimum atomic E-state index is -0.370. The van der Waals surface area contributed by atoms with Crippen LogP contribution in [0.1, 0.15) is 15.9 Å². The van der Waals surface area contributed by atoms with E-state index >= 15 is 0 Å². The molecule has 0 spiro atoms. The molecule has 6 heteroatoms. The highest BCUT2D eigenvalue weighted by Crippen LogP contribution is 2.31. The number of hydrogen-bond donors (Lipinski definition) is 3. The van der Waals surface area contributed by atoms with E-state index in [1.165, 1.54) is 0 Å². The molecule has 4 N–H and O–H groups in total. The minimum Gasteiger partial charge on any atom is -0.506 e. The van der Waals surface area contributed by atoms with E-state index in [0.29, 0.717) is 23.4 Å². The van der Waals surface area contributed by atoms with Gasteiger partial charge in [-0.25, -0.2) is 0 Å². The number of halogens is 1. The van der Waals surface area contributed by atoms with Gasteiger partial charge >= 0.3 is 0 Å². The third-order valence-corrected chi connectivity index (χ3v) is 3.89. The first kappa shape index (κ1) is 18.6. The number of carbonyl (C=O) groups is 1. The Labute approximate surface area is 151 Å². The van der Waals surface area contributed by atoms with Crippen molar-refractivity contribution in [1.82, 2.24) is 0 Å². The SMILES string of the molecule is COc1ccc2c(O)c(C(=O)Nc3ccc(CN)cc3)ccc2c1.Cl. The van der Waals surface area contributed by atoms with Gasteiger partial charge in [0.25, 0.3) is 5.91 Å². The average molecular weight is 359 g/mol. The Hall–Kier alpha value is -2.76. The number of rotatable bonds is 4. The van der Waals surface area contributed by atoms with Crippen LogP contribution in [0.3, 0.4) is 0 Å². The molecule has 0 bridgehead atoms. The molecule has 5 nitrogen and oxygen atoms in total. The second-order valence-electron chi connectivity index (χ2n) is 5.40. The Balaban J connectivity index is 0.00000225. The summed E-state index contributed by atoms with van der Waals surface area (Å²) in [7, 11) is 1.58. The normalized spacial score (nSPS) is 10.2. The number of anilines is 1. The van der Waals surface area contributed by atoms with E-state index < -0.39 is 0 Å². The van der Waals surface area contributed by atoms with Crippen molar-refractivity contribution in [2.75, 3.05) is 12.4 Å². The zero-order valence-electron chi connectivity index (χ0n) is 13.7. The summed E-state index contributed by atoms with van der Waals surface area (Å²) < 4.78 is 5.17. The van der Waals surface area contributed by atoms with Crippen molar-refractivity contribution < 1.29 is 14.6 Å². The Kier molecular flexibility index (Phi) is 5.85. The number of nitrogens with one attached hydrogen (secondary N) is 1. The number of phenolic OH excluding ortho intramolecular Hbond substituents is 1. The molecule has 0 aliphatic carbocycles. The van der Waals surface area contributed by atoms with Crippen LogP contribution in [0.15, 0.2) is 54.6 Å². The first-order valence-electron chi connectivity index (χ1n) is 7.52. The number of carbonyl (C=O) groups excluding carboxylic acids is 1. The van der Waals surface area contributed by atoms with Gasteiger partial charge in [-0.3, -0.25) is 4.79 Å². The fraction of sp³-hybridized carbons (Fsp3) is 0.105. The number of aromatic hydroxyl groups is 1. The smallest absolute Gasteiger partial charge is 0.259 e. The zero-order valence-corrected chi connectivity index (χ0v) is 14.5. The summed E-state index contributed by atoms with van der Waals surface area (Å²) in [5, 5.41) is 14.6. The van der Waals surface area contributed by atoms with Crippen LogP contribution in [0.25, 0.3) is 10.8 Å². The van der Waals surface area contributed by atoms with Gasteiger partial charge in [0.15, 0.2) is 0 Å². The van der Waals surface area contributed by atoms with Crippen LogP contribution in [-0.2, 0) is 6.54 Å². The molecule has 0 saturated carbocycles. The lowest BCUT2D eigenvalue weighted by Gasteiger charge is -2.10. The Morgan fingerprint density at radius 2 is 1.84 bits per heavy atom. The maximum absolute atomic E-state index is 12.4. The molecule has 1 amide bonds. The maximum atomic E-state index is 12.4. The van der Waals surface area contributed by atoms with Gasteiger partial charge < -0.3 is 20.9 Å². The fourth-order valence-electron chi connectivity index (χ4n) is 2.52. The third-order valence-electron chi connectivity index (χ3n) is 3.89. The van der Waals surface area contributed by atoms with Crippen molar-refractivity contribution in [2.45, 2.75) is 6.54 Å². The van der Waals surface area contributed by atoms with E-state index in [9.17, 15) is 9.90 Å². The highest BCUT2D eigenvalue weighted by Gasteiger charge is 2.14. The van der Waals surface area contributed by atoms with Crippen molar-refractivity contribution in [3.8, 4) is 11.5 Å². The molecule has 3 aromatic carbocycles. The van der Waals surface area contributed by atoms with Gasteiger partial charge in [0.05, 0.1) is 12.7 Å². The van der Waals surface area contributed by atoms with Crippen LogP contribution in [0.2, 0.25) is 0 Å². The number of benzene rings is 3. The summed E-state index contributed by atoms with van der Waals surface area (Å²) in [6, 6.07) is 15.9. The summed E-state index contributed by atoms with van der Waals surface area (Å²) in [5.74, 6) is 0.274. The molecule has 0 fully saturated rings. The van der Waals surface area contributed by atoms with Crippen molar-refractivity contribution in [1.29, 1.82) is 0 Å².